The zero-order valence-corrected chi connectivity index (χ0v) is 55.3. The van der Waals surface area contributed by atoms with Crippen LogP contribution in [-0.4, -0.2) is 106 Å². The summed E-state index contributed by atoms with van der Waals surface area (Å²) >= 11 is 6.15. The summed E-state index contributed by atoms with van der Waals surface area (Å²) in [4.78, 5) is 60.4. The molecule has 21 heteroatoms. The first-order valence-corrected chi connectivity index (χ1v) is 31.0. The molecule has 97 heavy (non-hydrogen) atoms. The Hall–Kier alpha value is -11.5. The van der Waals surface area contributed by atoms with Crippen molar-refractivity contribution in [3.8, 4) is 68.6 Å². The smallest absolute Gasteiger partial charge is 0.205 e. The number of Topliss-reactive ketones (excluding diaryl/α,β-unsaturated/α-hetero) is 4. The number of aromatic nitrogens is 2. The Bertz CT molecular complexity index is 4540. The van der Waals surface area contributed by atoms with E-state index in [0.29, 0.717) is 80.2 Å². The van der Waals surface area contributed by atoms with Crippen molar-refractivity contribution in [2.24, 2.45) is 10.3 Å². The number of carbonyl (C=O) groups is 4. The average molecular weight is 1330 g/mol. The minimum atomic E-state index is -0.680. The van der Waals surface area contributed by atoms with Crippen LogP contribution in [0.15, 0.2) is 195 Å². The van der Waals surface area contributed by atoms with Crippen molar-refractivity contribution in [1.82, 2.24) is 10.3 Å². The van der Waals surface area contributed by atoms with Crippen LogP contribution in [0.5, 0.6) is 46.0 Å². The molecule has 2 aliphatic rings. The van der Waals surface area contributed by atoms with Gasteiger partial charge in [0.15, 0.2) is 52.5 Å². The van der Waals surface area contributed by atoms with Crippen molar-refractivity contribution in [3.63, 3.8) is 0 Å². The van der Waals surface area contributed by atoms with E-state index in [1.54, 1.807) is 126 Å². The Balaban J connectivity index is 0.000000152. The molecule has 2 aliphatic heterocycles. The second kappa shape index (κ2) is 32.6. The van der Waals surface area contributed by atoms with Crippen molar-refractivity contribution in [2.45, 2.75) is 78.4 Å². The fourth-order valence-electron chi connectivity index (χ4n) is 10.5. The molecule has 2 atom stereocenters. The van der Waals surface area contributed by atoms with Crippen LogP contribution in [0.2, 0.25) is 5.02 Å². The summed E-state index contributed by atoms with van der Waals surface area (Å²) in [6, 6.07) is 51.4. The van der Waals surface area contributed by atoms with E-state index in [0.717, 1.165) is 50.3 Å². The average Bonchev–Trinajstić information content (AvgIpc) is 1.78. The van der Waals surface area contributed by atoms with E-state index < -0.39 is 12.2 Å². The van der Waals surface area contributed by atoms with Crippen LogP contribution in [0.25, 0.3) is 22.6 Å². The second-order valence-corrected chi connectivity index (χ2v) is 23.2. The minimum Gasteiger partial charge on any atom is -0.508 e. The van der Waals surface area contributed by atoms with E-state index in [1.807, 2.05) is 107 Å². The predicted molar refractivity (Wildman–Crippen MR) is 365 cm³/mol. The largest absolute Gasteiger partial charge is 0.508 e. The molecule has 12 rings (SSSR count). The standard InChI is InChI=1S/C20H21NO5.2C19H17NO4.C18H16ClNO3/c1-12-7-8-16(22)13(9-12)10-17(23)19-11-15(21-26-19)14-5-4-6-18(24-2)20(14)25-3;1-12-3-8-17(21)14(9-12)10-18(22)19-11-16(20-24-19)13-4-6-15(23-2)7-5-13;1-12-7-8-16(21)13(9-12)10-17(22)15-11-19(24-20-15)14-5-3-4-6-18(14)23-2;1-11-6-7-16(21)12(8-11)9-17(22)18-10-15(20-23-18)13-4-2-3-5-14(13)19/h4-9,19,22H,10-11H2,1-3H3;2*3-9,11,21H,10H2,1-2H3;2-8,18,21H,9-10H2,1H3. The third kappa shape index (κ3) is 18.0. The first-order valence-electron chi connectivity index (χ1n) is 30.6. The first kappa shape index (κ1) is 69.8. The molecular formula is C76H71ClN4O16. The lowest BCUT2D eigenvalue weighted by molar-refractivity contribution is -0.128. The molecule has 8 aromatic carbocycles. The number of aryl methyl sites for hydroxylation is 4. The molecular weight excluding hydrogens is 1260 g/mol. The number of benzene rings is 8. The van der Waals surface area contributed by atoms with Gasteiger partial charge in [0.1, 0.15) is 40.2 Å². The Morgan fingerprint density at radius 1 is 0.464 bits per heavy atom. The Morgan fingerprint density at radius 2 is 0.928 bits per heavy atom. The fourth-order valence-corrected chi connectivity index (χ4v) is 10.7. The highest BCUT2D eigenvalue weighted by atomic mass is 35.5. The van der Waals surface area contributed by atoms with Crippen molar-refractivity contribution < 1.29 is 77.3 Å². The van der Waals surface area contributed by atoms with Crippen molar-refractivity contribution >= 4 is 46.2 Å². The molecule has 4 N–H and O–H groups in total. The highest BCUT2D eigenvalue weighted by Gasteiger charge is 2.32. The van der Waals surface area contributed by atoms with E-state index in [2.05, 4.69) is 20.6 Å². The van der Waals surface area contributed by atoms with Gasteiger partial charge in [-0.15, -0.1) is 0 Å². The third-order valence-corrected chi connectivity index (χ3v) is 16.0. The number of methoxy groups -OCH3 is 4. The van der Waals surface area contributed by atoms with E-state index in [-0.39, 0.29) is 83.3 Å². The van der Waals surface area contributed by atoms with Gasteiger partial charge in [-0.05, 0) is 107 Å². The van der Waals surface area contributed by atoms with Gasteiger partial charge in [-0.25, -0.2) is 0 Å². The number of carbonyl (C=O) groups excluding carboxylic acids is 4. The molecule has 20 nitrogen and oxygen atoms in total. The topological polar surface area (TPSA) is 281 Å². The van der Waals surface area contributed by atoms with Gasteiger partial charge >= 0.3 is 0 Å². The lowest BCUT2D eigenvalue weighted by atomic mass is 9.97. The first-order chi connectivity index (χ1) is 46.7. The Morgan fingerprint density at radius 3 is 1.43 bits per heavy atom. The molecule has 0 amide bonds. The van der Waals surface area contributed by atoms with Crippen molar-refractivity contribution in [2.75, 3.05) is 28.4 Å². The fraction of sp³-hybridized carbons (Fsp3) is 0.211. The summed E-state index contributed by atoms with van der Waals surface area (Å²) in [5.41, 5.74) is 11.4. The molecule has 2 aromatic heterocycles. The van der Waals surface area contributed by atoms with Crippen LogP contribution >= 0.6 is 11.6 Å². The summed E-state index contributed by atoms with van der Waals surface area (Å²) in [7, 11) is 6.29. The number of halogens is 1. The van der Waals surface area contributed by atoms with Gasteiger partial charge in [0, 0.05) is 94.6 Å². The summed E-state index contributed by atoms with van der Waals surface area (Å²) in [5, 5.41) is 56.0. The molecule has 0 bridgehead atoms. The number of hydrogen-bond acceptors (Lipinski definition) is 20. The molecule has 0 spiro atoms. The van der Waals surface area contributed by atoms with Crippen LogP contribution in [-0.2, 0) is 44.9 Å². The molecule has 0 radical (unpaired) electrons. The quantitative estimate of drug-likeness (QED) is 0.0516. The normalized spacial score (nSPS) is 13.5. The maximum absolute atomic E-state index is 12.6. The number of rotatable bonds is 20. The number of ether oxygens (including phenoxy) is 4. The monoisotopic (exact) mass is 1330 g/mol. The van der Waals surface area contributed by atoms with Crippen LogP contribution in [0, 0.1) is 27.7 Å². The molecule has 2 unspecified atom stereocenters. The van der Waals surface area contributed by atoms with Crippen LogP contribution in [0.4, 0.5) is 0 Å². The zero-order chi connectivity index (χ0) is 69.3. The van der Waals surface area contributed by atoms with Gasteiger partial charge in [0.05, 0.1) is 45.4 Å². The van der Waals surface area contributed by atoms with Crippen molar-refractivity contribution in [3.05, 3.63) is 248 Å². The van der Waals surface area contributed by atoms with Gasteiger partial charge < -0.3 is 58.1 Å². The van der Waals surface area contributed by atoms with E-state index >= 15 is 0 Å². The molecule has 0 fully saturated rings. The Labute approximate surface area is 564 Å². The Kier molecular flexibility index (Phi) is 23.4. The highest BCUT2D eigenvalue weighted by molar-refractivity contribution is 6.34. The van der Waals surface area contributed by atoms with Crippen LogP contribution in [0.1, 0.15) is 89.5 Å². The highest BCUT2D eigenvalue weighted by Crippen LogP contribution is 2.36. The third-order valence-electron chi connectivity index (χ3n) is 15.7. The number of nitrogens with zero attached hydrogens (tertiary/aromatic N) is 4. The second-order valence-electron chi connectivity index (χ2n) is 22.8. The van der Waals surface area contributed by atoms with E-state index in [4.69, 9.17) is 49.3 Å². The number of phenols is 4. The predicted octanol–water partition coefficient (Wildman–Crippen LogP) is 14.3. The van der Waals surface area contributed by atoms with Gasteiger partial charge in [-0.1, -0.05) is 139 Å². The summed E-state index contributed by atoms with van der Waals surface area (Å²) in [6.45, 7) is 7.64. The lowest BCUT2D eigenvalue weighted by Crippen LogP contribution is -2.23. The molecule has 0 aliphatic carbocycles. The zero-order valence-electron chi connectivity index (χ0n) is 54.5. The summed E-state index contributed by atoms with van der Waals surface area (Å²) < 4.78 is 31.6. The van der Waals surface area contributed by atoms with Gasteiger partial charge in [-0.3, -0.25) is 19.2 Å². The number of ketones is 4. The number of oxime groups is 2. The van der Waals surface area contributed by atoms with E-state index in [9.17, 15) is 39.6 Å². The van der Waals surface area contributed by atoms with Crippen LogP contribution in [0.3, 0.4) is 0 Å². The van der Waals surface area contributed by atoms with Crippen LogP contribution < -0.4 is 18.9 Å². The van der Waals surface area contributed by atoms with Gasteiger partial charge in [0.25, 0.3) is 0 Å². The molecule has 498 valence electrons. The maximum Gasteiger partial charge on any atom is 0.205 e. The molecule has 4 heterocycles. The van der Waals surface area contributed by atoms with Gasteiger partial charge in [0.2, 0.25) is 11.5 Å². The summed E-state index contributed by atoms with van der Waals surface area (Å²) in [6.07, 6.45) is -0.262. The molecule has 0 saturated heterocycles. The number of hydrogen-bond donors (Lipinski definition) is 4. The minimum absolute atomic E-state index is 0.0603. The number of para-hydroxylation sites is 2. The van der Waals surface area contributed by atoms with Gasteiger partial charge in [-0.2, -0.15) is 0 Å². The van der Waals surface area contributed by atoms with Crippen molar-refractivity contribution in [1.29, 1.82) is 0 Å². The lowest BCUT2D eigenvalue weighted by Gasteiger charge is -2.12. The van der Waals surface area contributed by atoms with E-state index in [1.165, 1.54) is 0 Å². The SMILES string of the molecule is COc1ccc(-c2cc(C(=O)Cc3cc(C)ccc3O)on2)cc1.COc1cccc(C2=NOC(C(=O)Cc3cc(C)ccc3O)C2)c1OC.COc1ccccc1-c1cc(C(=O)Cc2cc(C)ccc2O)no1.Cc1ccc(O)c(CC(=O)C2CC(c3ccccc3Cl)=NO2)c1. The summed E-state index contributed by atoms with van der Waals surface area (Å²) in [5.74, 6) is 2.89. The number of aromatic hydroxyl groups is 4. The molecule has 0 saturated carbocycles. The maximum atomic E-state index is 12.6. The number of phenolic OH excluding ortho intramolecular Hbond substituents is 4. The molecule has 10 aromatic rings.